The van der Waals surface area contributed by atoms with Crippen molar-refractivity contribution in [3.05, 3.63) is 28.8 Å². The number of halogens is 2. The molecule has 0 spiro atoms. The second kappa shape index (κ2) is 6.73. The van der Waals surface area contributed by atoms with Crippen LogP contribution in [0.1, 0.15) is 30.1 Å². The zero-order chi connectivity index (χ0) is 13.2. The Bertz CT molecular complexity index is 462. The summed E-state index contributed by atoms with van der Waals surface area (Å²) in [5.74, 6) is 1.04. The summed E-state index contributed by atoms with van der Waals surface area (Å²) in [6.45, 7) is 2.87. The molecule has 0 aliphatic carbocycles. The Hall–Kier alpha value is -0.580. The van der Waals surface area contributed by atoms with E-state index in [0.717, 1.165) is 6.42 Å². The van der Waals surface area contributed by atoms with Crippen LogP contribution < -0.4 is 11.1 Å². The van der Waals surface area contributed by atoms with Gasteiger partial charge in [0.1, 0.15) is 0 Å². The molecule has 1 fully saturated rings. The second-order valence-electron chi connectivity index (χ2n) is 4.82. The molecule has 1 aliphatic heterocycles. The number of hydrogen-bond donors (Lipinski definition) is 2. The number of nitrogens with one attached hydrogen (secondary N) is 1. The first-order valence-corrected chi connectivity index (χ1v) is 7.34. The lowest BCUT2D eigenvalue weighted by Gasteiger charge is -2.23. The van der Waals surface area contributed by atoms with E-state index in [1.54, 1.807) is 18.2 Å². The van der Waals surface area contributed by atoms with Crippen molar-refractivity contribution in [2.75, 3.05) is 18.0 Å². The van der Waals surface area contributed by atoms with E-state index in [2.05, 4.69) is 12.2 Å². The van der Waals surface area contributed by atoms with E-state index in [-0.39, 0.29) is 23.1 Å². The highest BCUT2D eigenvalue weighted by atomic mass is 35.5. The lowest BCUT2D eigenvalue weighted by molar-refractivity contribution is 0.0950. The van der Waals surface area contributed by atoms with Crippen molar-refractivity contribution in [3.63, 3.8) is 0 Å². The molecule has 0 radical (unpaired) electrons. The summed E-state index contributed by atoms with van der Waals surface area (Å²) >= 11 is 7.93. The molecule has 2 rings (SSSR count). The Labute approximate surface area is 129 Å². The molecular weight excluding hydrogens is 303 g/mol. The van der Waals surface area contributed by atoms with Gasteiger partial charge < -0.3 is 11.1 Å². The molecule has 3 N–H and O–H groups in total. The van der Waals surface area contributed by atoms with E-state index >= 15 is 0 Å². The van der Waals surface area contributed by atoms with Crippen LogP contribution in [0, 0.1) is 0 Å². The van der Waals surface area contributed by atoms with E-state index in [9.17, 15) is 4.79 Å². The van der Waals surface area contributed by atoms with Crippen molar-refractivity contribution < 1.29 is 4.79 Å². The Morgan fingerprint density at radius 3 is 2.89 bits per heavy atom. The predicted octanol–water partition coefficient (Wildman–Crippen LogP) is 3.36. The number of thioether (sulfide) groups is 1. The highest BCUT2D eigenvalue weighted by molar-refractivity contribution is 8.00. The minimum absolute atomic E-state index is 0. The van der Waals surface area contributed by atoms with Crippen molar-refractivity contribution >= 4 is 47.4 Å². The molecule has 1 aromatic carbocycles. The van der Waals surface area contributed by atoms with Gasteiger partial charge in [-0.1, -0.05) is 11.6 Å². The Morgan fingerprint density at radius 2 is 2.32 bits per heavy atom. The van der Waals surface area contributed by atoms with Crippen LogP contribution in [0.3, 0.4) is 0 Å². The van der Waals surface area contributed by atoms with Crippen molar-refractivity contribution in [3.8, 4) is 0 Å². The molecular formula is C13H18Cl2N2OS. The molecule has 106 valence electrons. The minimum atomic E-state index is -0.131. The zero-order valence-electron chi connectivity index (χ0n) is 10.7. The van der Waals surface area contributed by atoms with E-state index in [1.807, 2.05) is 11.8 Å². The van der Waals surface area contributed by atoms with Crippen molar-refractivity contribution in [1.82, 2.24) is 5.32 Å². The average molecular weight is 321 g/mol. The number of hydrogen-bond acceptors (Lipinski definition) is 3. The van der Waals surface area contributed by atoms with Gasteiger partial charge in [0.15, 0.2) is 0 Å². The average Bonchev–Trinajstić information content (AvgIpc) is 2.74. The quantitative estimate of drug-likeness (QED) is 0.840. The Morgan fingerprint density at radius 1 is 1.58 bits per heavy atom. The van der Waals surface area contributed by atoms with Gasteiger partial charge >= 0.3 is 0 Å². The summed E-state index contributed by atoms with van der Waals surface area (Å²) in [7, 11) is 0. The standard InChI is InChI=1S/C13H17ClN2OS.ClH/c1-13(5-2-6-18-13)8-16-12(17)10-4-3-9(15)7-11(10)14;/h3-4,7H,2,5-6,8,15H2,1H3,(H,16,17);1H. The van der Waals surface area contributed by atoms with Gasteiger partial charge in [-0.05, 0) is 43.7 Å². The maximum Gasteiger partial charge on any atom is 0.252 e. The second-order valence-corrected chi connectivity index (χ2v) is 6.91. The van der Waals surface area contributed by atoms with Gasteiger partial charge in [0.05, 0.1) is 10.6 Å². The van der Waals surface area contributed by atoms with Gasteiger partial charge in [0, 0.05) is 17.0 Å². The first kappa shape index (κ1) is 16.5. The number of amides is 1. The third-order valence-electron chi connectivity index (χ3n) is 3.16. The molecule has 1 unspecified atom stereocenters. The third kappa shape index (κ3) is 4.20. The van der Waals surface area contributed by atoms with Crippen LogP contribution in [0.5, 0.6) is 0 Å². The van der Waals surface area contributed by atoms with Gasteiger partial charge in [0.2, 0.25) is 0 Å². The van der Waals surface area contributed by atoms with E-state index in [1.165, 1.54) is 12.2 Å². The van der Waals surface area contributed by atoms with Crippen molar-refractivity contribution in [2.24, 2.45) is 0 Å². The van der Waals surface area contributed by atoms with E-state index in [4.69, 9.17) is 17.3 Å². The smallest absolute Gasteiger partial charge is 0.252 e. The van der Waals surface area contributed by atoms with Gasteiger partial charge in [-0.25, -0.2) is 0 Å². The summed E-state index contributed by atoms with van der Waals surface area (Å²) in [4.78, 5) is 12.0. The molecule has 0 saturated carbocycles. The fraction of sp³-hybridized carbons (Fsp3) is 0.462. The lowest BCUT2D eigenvalue weighted by atomic mass is 10.1. The predicted molar refractivity (Wildman–Crippen MR) is 85.5 cm³/mol. The molecule has 3 nitrogen and oxygen atoms in total. The van der Waals surface area contributed by atoms with Crippen molar-refractivity contribution in [2.45, 2.75) is 24.5 Å². The summed E-state index contributed by atoms with van der Waals surface area (Å²) in [6, 6.07) is 4.95. The molecule has 0 bridgehead atoms. The molecule has 1 amide bonds. The Balaban J connectivity index is 0.00000180. The zero-order valence-corrected chi connectivity index (χ0v) is 13.1. The summed E-state index contributed by atoms with van der Waals surface area (Å²) in [5.41, 5.74) is 6.65. The summed E-state index contributed by atoms with van der Waals surface area (Å²) in [6.07, 6.45) is 2.37. The lowest BCUT2D eigenvalue weighted by Crippen LogP contribution is -2.36. The monoisotopic (exact) mass is 320 g/mol. The fourth-order valence-corrected chi connectivity index (χ4v) is 3.57. The van der Waals surface area contributed by atoms with Crippen LogP contribution in [0.15, 0.2) is 18.2 Å². The minimum Gasteiger partial charge on any atom is -0.399 e. The largest absolute Gasteiger partial charge is 0.399 e. The maximum absolute atomic E-state index is 12.0. The number of benzene rings is 1. The van der Waals surface area contributed by atoms with Gasteiger partial charge in [-0.15, -0.1) is 12.4 Å². The van der Waals surface area contributed by atoms with Gasteiger partial charge in [0.25, 0.3) is 5.91 Å². The molecule has 0 aromatic heterocycles. The van der Waals surface area contributed by atoms with E-state index < -0.39 is 0 Å². The normalized spacial score (nSPS) is 21.8. The molecule has 1 atom stereocenters. The van der Waals surface area contributed by atoms with Crippen molar-refractivity contribution in [1.29, 1.82) is 0 Å². The third-order valence-corrected chi connectivity index (χ3v) is 5.01. The number of nitrogens with two attached hydrogens (primary N) is 1. The first-order valence-electron chi connectivity index (χ1n) is 5.97. The number of carbonyl (C=O) groups excluding carboxylic acids is 1. The fourth-order valence-electron chi connectivity index (χ4n) is 2.05. The van der Waals surface area contributed by atoms with Crippen LogP contribution >= 0.6 is 35.8 Å². The SMILES string of the molecule is CC1(CNC(=O)c2ccc(N)cc2Cl)CCCS1.Cl. The topological polar surface area (TPSA) is 55.1 Å². The highest BCUT2D eigenvalue weighted by Gasteiger charge is 2.29. The molecule has 1 aliphatic rings. The molecule has 19 heavy (non-hydrogen) atoms. The molecule has 1 saturated heterocycles. The van der Waals surface area contributed by atoms with Crippen LogP contribution in [0.25, 0.3) is 0 Å². The maximum atomic E-state index is 12.0. The van der Waals surface area contributed by atoms with Crippen LogP contribution in [-0.4, -0.2) is 23.0 Å². The summed E-state index contributed by atoms with van der Waals surface area (Å²) < 4.78 is 0.163. The summed E-state index contributed by atoms with van der Waals surface area (Å²) in [5, 5.41) is 3.36. The highest BCUT2D eigenvalue weighted by Crippen LogP contribution is 2.37. The Kier molecular flexibility index (Phi) is 5.83. The first-order chi connectivity index (χ1) is 8.50. The van der Waals surface area contributed by atoms with Gasteiger partial charge in [-0.3, -0.25) is 4.79 Å². The number of carbonyl (C=O) groups is 1. The molecule has 1 heterocycles. The van der Waals surface area contributed by atoms with Crippen LogP contribution in [0.2, 0.25) is 5.02 Å². The molecule has 1 aromatic rings. The van der Waals surface area contributed by atoms with Crippen LogP contribution in [-0.2, 0) is 0 Å². The number of nitrogen functional groups attached to an aromatic ring is 1. The van der Waals surface area contributed by atoms with E-state index in [0.29, 0.717) is 22.8 Å². The number of rotatable bonds is 3. The van der Waals surface area contributed by atoms with Gasteiger partial charge in [-0.2, -0.15) is 11.8 Å². The molecule has 6 heteroatoms. The number of anilines is 1. The van der Waals surface area contributed by atoms with Crippen LogP contribution in [0.4, 0.5) is 5.69 Å².